The van der Waals surface area contributed by atoms with Gasteiger partial charge in [-0.15, -0.1) is 0 Å². The van der Waals surface area contributed by atoms with Crippen LogP contribution in [0, 0.1) is 20.8 Å². The predicted molar refractivity (Wildman–Crippen MR) is 158 cm³/mol. The lowest BCUT2D eigenvalue weighted by atomic mass is 9.94. The number of ether oxygens (including phenoxy) is 2. The van der Waals surface area contributed by atoms with Crippen molar-refractivity contribution in [3.8, 4) is 11.5 Å². The van der Waals surface area contributed by atoms with Crippen molar-refractivity contribution >= 4 is 33.5 Å². The Bertz CT molecular complexity index is 1610. The van der Waals surface area contributed by atoms with E-state index < -0.39 is 6.04 Å². The molecule has 40 heavy (non-hydrogen) atoms. The van der Waals surface area contributed by atoms with Gasteiger partial charge in [0.1, 0.15) is 12.6 Å². The van der Waals surface area contributed by atoms with E-state index in [1.165, 1.54) is 0 Å². The fourth-order valence-electron chi connectivity index (χ4n) is 4.86. The summed E-state index contributed by atoms with van der Waals surface area (Å²) in [5.41, 5.74) is 6.97. The second kappa shape index (κ2) is 11.5. The van der Waals surface area contributed by atoms with Gasteiger partial charge < -0.3 is 20.1 Å². The molecular weight excluding hydrogens is 572 g/mol. The zero-order chi connectivity index (χ0) is 28.4. The minimum atomic E-state index is -0.613. The maximum absolute atomic E-state index is 13.8. The van der Waals surface area contributed by atoms with Crippen molar-refractivity contribution in [2.75, 3.05) is 17.2 Å². The number of nitrogens with one attached hydrogen (secondary N) is 2. The van der Waals surface area contributed by atoms with Crippen molar-refractivity contribution in [3.63, 3.8) is 0 Å². The number of anilines is 2. The van der Waals surface area contributed by atoms with E-state index in [9.17, 15) is 4.79 Å². The third-order valence-corrected chi connectivity index (χ3v) is 7.29. The average molecular weight is 604 g/mol. The van der Waals surface area contributed by atoms with Gasteiger partial charge in [-0.2, -0.15) is 4.68 Å². The van der Waals surface area contributed by atoms with Gasteiger partial charge in [-0.05, 0) is 95.9 Å². The molecule has 0 spiro atoms. The summed E-state index contributed by atoms with van der Waals surface area (Å²) in [6.45, 7) is 10.6. The Morgan fingerprint density at radius 1 is 1.05 bits per heavy atom. The van der Waals surface area contributed by atoms with Gasteiger partial charge in [0, 0.05) is 11.4 Å². The molecule has 9 nitrogen and oxygen atoms in total. The number of carbonyl (C=O) groups is 1. The fraction of sp³-hybridized carbons (Fsp3) is 0.267. The Kier molecular flexibility index (Phi) is 7.88. The van der Waals surface area contributed by atoms with Gasteiger partial charge in [-0.3, -0.25) is 4.79 Å². The first-order valence-corrected chi connectivity index (χ1v) is 13.8. The van der Waals surface area contributed by atoms with Crippen LogP contribution in [-0.2, 0) is 11.4 Å². The molecule has 206 valence electrons. The van der Waals surface area contributed by atoms with Gasteiger partial charge in [-0.25, -0.2) is 0 Å². The largest absolute Gasteiger partial charge is 0.490 e. The number of fused-ring (bicyclic) bond motifs is 1. The number of aromatic nitrogens is 4. The molecule has 1 aromatic heterocycles. The lowest BCUT2D eigenvalue weighted by molar-refractivity contribution is -0.113. The maximum atomic E-state index is 13.8. The minimum absolute atomic E-state index is 0.253. The highest BCUT2D eigenvalue weighted by Crippen LogP contribution is 2.43. The van der Waals surface area contributed by atoms with Crippen LogP contribution in [0.1, 0.15) is 47.7 Å². The van der Waals surface area contributed by atoms with E-state index in [2.05, 4.69) is 61.1 Å². The molecule has 1 unspecified atom stereocenters. The number of carbonyl (C=O) groups excluding carboxylic acids is 1. The first-order valence-electron chi connectivity index (χ1n) is 13.0. The first kappa shape index (κ1) is 27.4. The summed E-state index contributed by atoms with van der Waals surface area (Å²) in [5.74, 6) is 1.33. The lowest BCUT2D eigenvalue weighted by Crippen LogP contribution is -2.31. The topological polar surface area (TPSA) is 103 Å². The summed E-state index contributed by atoms with van der Waals surface area (Å²) in [6.07, 6.45) is 0. The number of hydrogen-bond acceptors (Lipinski definition) is 7. The van der Waals surface area contributed by atoms with Gasteiger partial charge in [0.05, 0.1) is 16.7 Å². The monoisotopic (exact) mass is 602 g/mol. The van der Waals surface area contributed by atoms with Crippen LogP contribution in [0.25, 0.3) is 0 Å². The Morgan fingerprint density at radius 2 is 1.85 bits per heavy atom. The summed E-state index contributed by atoms with van der Waals surface area (Å²) in [4.78, 5) is 13.8. The Morgan fingerprint density at radius 3 is 2.60 bits per heavy atom. The van der Waals surface area contributed by atoms with Gasteiger partial charge in [0.25, 0.3) is 5.91 Å². The van der Waals surface area contributed by atoms with E-state index in [-0.39, 0.29) is 5.91 Å². The molecule has 4 aromatic rings. The fourth-order valence-corrected chi connectivity index (χ4v) is 5.44. The molecule has 3 aromatic carbocycles. The number of aryl methyl sites for hydroxylation is 3. The van der Waals surface area contributed by atoms with Crippen LogP contribution < -0.4 is 20.1 Å². The molecular formula is C30H31BrN6O3. The summed E-state index contributed by atoms with van der Waals surface area (Å²) in [5, 5.41) is 18.4. The van der Waals surface area contributed by atoms with Gasteiger partial charge in [0.15, 0.2) is 11.5 Å². The zero-order valence-corrected chi connectivity index (χ0v) is 24.7. The van der Waals surface area contributed by atoms with Crippen molar-refractivity contribution in [2.24, 2.45) is 0 Å². The number of allylic oxidation sites excluding steroid dienone is 1. The number of halogens is 1. The van der Waals surface area contributed by atoms with Crippen molar-refractivity contribution < 1.29 is 14.3 Å². The van der Waals surface area contributed by atoms with E-state index in [0.29, 0.717) is 46.4 Å². The lowest BCUT2D eigenvalue weighted by Gasteiger charge is -2.29. The van der Waals surface area contributed by atoms with Crippen molar-refractivity contribution in [1.29, 1.82) is 0 Å². The average Bonchev–Trinajstić information content (AvgIpc) is 3.37. The van der Waals surface area contributed by atoms with Crippen molar-refractivity contribution in [2.45, 2.75) is 47.3 Å². The van der Waals surface area contributed by atoms with E-state index in [1.54, 1.807) is 4.68 Å². The number of amides is 1. The quantitative estimate of drug-likeness (QED) is 0.245. The molecule has 0 saturated carbocycles. The number of tetrazole rings is 1. The molecule has 5 rings (SSSR count). The van der Waals surface area contributed by atoms with E-state index >= 15 is 0 Å². The van der Waals surface area contributed by atoms with Crippen LogP contribution in [0.5, 0.6) is 11.5 Å². The van der Waals surface area contributed by atoms with Gasteiger partial charge >= 0.3 is 0 Å². The summed E-state index contributed by atoms with van der Waals surface area (Å²) < 4.78 is 14.6. The van der Waals surface area contributed by atoms with Gasteiger partial charge in [0.2, 0.25) is 5.95 Å². The number of hydrogen-bond donors (Lipinski definition) is 2. The molecule has 0 fully saturated rings. The number of rotatable bonds is 8. The van der Waals surface area contributed by atoms with Crippen LogP contribution in [-0.4, -0.2) is 32.7 Å². The molecule has 0 radical (unpaired) electrons. The highest BCUT2D eigenvalue weighted by Gasteiger charge is 2.35. The molecule has 1 aliphatic rings. The maximum Gasteiger partial charge on any atom is 0.255 e. The molecule has 0 aliphatic carbocycles. The zero-order valence-electron chi connectivity index (χ0n) is 23.1. The smallest absolute Gasteiger partial charge is 0.255 e. The van der Waals surface area contributed by atoms with Crippen LogP contribution >= 0.6 is 15.9 Å². The van der Waals surface area contributed by atoms with E-state index in [4.69, 9.17) is 9.47 Å². The summed E-state index contributed by atoms with van der Waals surface area (Å²) in [7, 11) is 0. The van der Waals surface area contributed by atoms with Crippen molar-refractivity contribution in [1.82, 2.24) is 20.2 Å². The highest BCUT2D eigenvalue weighted by molar-refractivity contribution is 9.10. The minimum Gasteiger partial charge on any atom is -0.490 e. The molecule has 10 heteroatoms. The normalized spacial score (nSPS) is 14.4. The predicted octanol–water partition coefficient (Wildman–Crippen LogP) is 6.27. The second-order valence-electron chi connectivity index (χ2n) is 9.83. The first-order chi connectivity index (χ1) is 19.2. The Labute approximate surface area is 241 Å². The molecule has 1 aliphatic heterocycles. The standard InChI is InChI=1S/C30H31BrN6O3/c1-6-39-25-15-22(14-23(31)28(25)40-16-21-9-7-8-17(2)13-21)27-26(20(5)32-30-34-35-36-37(27)30)29(38)33-24-11-10-18(3)12-19(24)4/h7-15,27H,6,16H2,1-5H3,(H,33,38)(H,32,34,36). The molecule has 1 atom stereocenters. The molecule has 2 heterocycles. The highest BCUT2D eigenvalue weighted by atomic mass is 79.9. The summed E-state index contributed by atoms with van der Waals surface area (Å²) >= 11 is 3.70. The molecule has 2 N–H and O–H groups in total. The Hall–Kier alpha value is -4.18. The van der Waals surface area contributed by atoms with Crippen molar-refractivity contribution in [3.05, 3.63) is 98.2 Å². The third-order valence-electron chi connectivity index (χ3n) is 6.70. The molecule has 1 amide bonds. The van der Waals surface area contributed by atoms with Gasteiger partial charge in [-0.1, -0.05) is 52.6 Å². The third kappa shape index (κ3) is 5.58. The SMILES string of the molecule is CCOc1cc(C2C(C(=O)Nc3ccc(C)cc3C)=C(C)Nc3nnnn32)cc(Br)c1OCc1cccc(C)c1. The number of benzene rings is 3. The van der Waals surface area contributed by atoms with E-state index in [0.717, 1.165) is 33.5 Å². The second-order valence-corrected chi connectivity index (χ2v) is 10.7. The van der Waals surface area contributed by atoms with Crippen LogP contribution in [0.15, 0.2) is 70.3 Å². The van der Waals surface area contributed by atoms with E-state index in [1.807, 2.05) is 70.2 Å². The molecule has 0 bridgehead atoms. The Balaban J connectivity index is 1.53. The van der Waals surface area contributed by atoms with Crippen LogP contribution in [0.4, 0.5) is 11.6 Å². The summed E-state index contributed by atoms with van der Waals surface area (Å²) in [6, 6.07) is 17.3. The van der Waals surface area contributed by atoms with Crippen LogP contribution in [0.2, 0.25) is 0 Å². The molecule has 0 saturated heterocycles. The number of nitrogens with zero attached hydrogens (tertiary/aromatic N) is 4. The van der Waals surface area contributed by atoms with Crippen LogP contribution in [0.3, 0.4) is 0 Å².